The van der Waals surface area contributed by atoms with Crippen LogP contribution in [0.1, 0.15) is 48.7 Å². The lowest BCUT2D eigenvalue weighted by Gasteiger charge is -2.24. The number of hydrogen-bond acceptors (Lipinski definition) is 2. The molecular weight excluding hydrogens is 280 g/mol. The number of hydrogen-bond donors (Lipinski definition) is 0. The van der Waals surface area contributed by atoms with Gasteiger partial charge in [0.2, 0.25) is 0 Å². The van der Waals surface area contributed by atoms with Crippen LogP contribution < -0.4 is 4.74 Å². The molecule has 2 rings (SSSR count). The number of Topliss-reactive ketones (excluding diaryl/α,β-unsaturated/α-hetero) is 1. The number of ether oxygens (including phenoxy) is 1. The van der Waals surface area contributed by atoms with Gasteiger partial charge in [-0.2, -0.15) is 0 Å². The van der Waals surface area contributed by atoms with Crippen LogP contribution in [0.2, 0.25) is 0 Å². The molecule has 0 aliphatic heterocycles. The van der Waals surface area contributed by atoms with E-state index in [1.165, 1.54) is 0 Å². The minimum absolute atomic E-state index is 0.0359. The zero-order chi connectivity index (χ0) is 12.8. The monoisotopic (exact) mass is 296 g/mol. The van der Waals surface area contributed by atoms with Gasteiger partial charge in [0.25, 0.3) is 0 Å². The number of carbonyl (C=O) groups excluding carboxylic acids is 1. The fourth-order valence-corrected chi connectivity index (χ4v) is 3.08. The van der Waals surface area contributed by atoms with E-state index in [-0.39, 0.29) is 11.2 Å². The molecule has 1 aliphatic rings. The fraction of sp³-hybridized carbons (Fsp3) is 0.500. The first-order chi connectivity index (χ1) is 7.86. The van der Waals surface area contributed by atoms with Gasteiger partial charge in [0.15, 0.2) is 5.78 Å². The summed E-state index contributed by atoms with van der Waals surface area (Å²) in [6.45, 7) is 6.38. The third-order valence-electron chi connectivity index (χ3n) is 3.24. The predicted molar refractivity (Wildman–Crippen MR) is 72.0 cm³/mol. The van der Waals surface area contributed by atoms with Gasteiger partial charge in [0.1, 0.15) is 5.75 Å². The van der Waals surface area contributed by atoms with Gasteiger partial charge < -0.3 is 4.74 Å². The van der Waals surface area contributed by atoms with Crippen molar-refractivity contribution in [3.8, 4) is 5.75 Å². The minimum atomic E-state index is -0.0359. The first-order valence-electron chi connectivity index (χ1n) is 5.79. The molecule has 0 saturated carbocycles. The molecule has 0 aromatic heterocycles. The second-order valence-corrected chi connectivity index (χ2v) is 6.26. The molecular formula is C14H17BrO2. The van der Waals surface area contributed by atoms with Crippen molar-refractivity contribution in [3.05, 3.63) is 27.2 Å². The quantitative estimate of drug-likeness (QED) is 0.786. The maximum Gasteiger partial charge on any atom is 0.163 e. The molecule has 1 aromatic rings. The van der Waals surface area contributed by atoms with Crippen LogP contribution in [-0.4, -0.2) is 12.9 Å². The highest BCUT2D eigenvalue weighted by atomic mass is 79.9. The molecule has 92 valence electrons. The first kappa shape index (κ1) is 12.6. The average molecular weight is 297 g/mol. The van der Waals surface area contributed by atoms with E-state index in [9.17, 15) is 4.79 Å². The molecule has 0 amide bonds. The second kappa shape index (κ2) is 4.13. The highest BCUT2D eigenvalue weighted by molar-refractivity contribution is 9.10. The number of fused-ring (bicyclic) bond motifs is 1. The van der Waals surface area contributed by atoms with Crippen molar-refractivity contribution in [1.82, 2.24) is 0 Å². The maximum atomic E-state index is 11.8. The molecule has 0 atom stereocenters. The van der Waals surface area contributed by atoms with Crippen LogP contribution in [0, 0.1) is 0 Å². The summed E-state index contributed by atoms with van der Waals surface area (Å²) in [4.78, 5) is 11.8. The summed E-state index contributed by atoms with van der Waals surface area (Å²) in [7, 11) is 1.68. The molecule has 0 N–H and O–H groups in total. The van der Waals surface area contributed by atoms with E-state index in [4.69, 9.17) is 4.74 Å². The van der Waals surface area contributed by atoms with Gasteiger partial charge in [-0.15, -0.1) is 0 Å². The van der Waals surface area contributed by atoms with Crippen molar-refractivity contribution >= 4 is 21.7 Å². The Labute approximate surface area is 110 Å². The number of rotatable bonds is 1. The second-order valence-electron chi connectivity index (χ2n) is 5.47. The van der Waals surface area contributed by atoms with Crippen LogP contribution in [-0.2, 0) is 11.8 Å². The number of ketones is 1. The van der Waals surface area contributed by atoms with E-state index in [1.54, 1.807) is 7.11 Å². The fourth-order valence-electron chi connectivity index (χ4n) is 2.29. The van der Waals surface area contributed by atoms with Gasteiger partial charge in [0, 0.05) is 17.5 Å². The average Bonchev–Trinajstić information content (AvgIpc) is 2.59. The van der Waals surface area contributed by atoms with E-state index >= 15 is 0 Å². The molecule has 3 heteroatoms. The third kappa shape index (κ3) is 2.01. The Balaban J connectivity index is 2.73. The van der Waals surface area contributed by atoms with Gasteiger partial charge in [-0.1, -0.05) is 20.8 Å². The van der Waals surface area contributed by atoms with Gasteiger partial charge in [0.05, 0.1) is 11.6 Å². The molecule has 0 bridgehead atoms. The van der Waals surface area contributed by atoms with Crippen molar-refractivity contribution in [2.45, 2.75) is 39.0 Å². The molecule has 0 unspecified atom stereocenters. The zero-order valence-electron chi connectivity index (χ0n) is 10.7. The topological polar surface area (TPSA) is 26.3 Å². The van der Waals surface area contributed by atoms with Crippen molar-refractivity contribution in [1.29, 1.82) is 0 Å². The Morgan fingerprint density at radius 2 is 1.94 bits per heavy atom. The summed E-state index contributed by atoms with van der Waals surface area (Å²) in [5.41, 5.74) is 3.01. The Bertz CT molecular complexity index is 484. The van der Waals surface area contributed by atoms with E-state index in [2.05, 4.69) is 36.7 Å². The molecule has 0 radical (unpaired) electrons. The summed E-state index contributed by atoms with van der Waals surface area (Å²) in [5, 5.41) is 0. The summed E-state index contributed by atoms with van der Waals surface area (Å²) >= 11 is 3.59. The summed E-state index contributed by atoms with van der Waals surface area (Å²) in [6.07, 6.45) is 1.43. The van der Waals surface area contributed by atoms with Crippen molar-refractivity contribution < 1.29 is 9.53 Å². The molecule has 0 spiro atoms. The van der Waals surface area contributed by atoms with Crippen molar-refractivity contribution in [2.75, 3.05) is 7.11 Å². The maximum absolute atomic E-state index is 11.8. The van der Waals surface area contributed by atoms with Gasteiger partial charge in [-0.3, -0.25) is 4.79 Å². The standard InChI is InChI=1S/C14H17BrO2/c1-14(2,3)10-7-9-8(5-6-11(9)16)12(15)13(10)17-4/h7H,5-6H2,1-4H3. The lowest BCUT2D eigenvalue weighted by atomic mass is 9.84. The zero-order valence-corrected chi connectivity index (χ0v) is 12.3. The highest BCUT2D eigenvalue weighted by Gasteiger charge is 2.29. The van der Waals surface area contributed by atoms with Crippen LogP contribution in [0.5, 0.6) is 5.75 Å². The lowest BCUT2D eigenvalue weighted by Crippen LogP contribution is -2.14. The molecule has 0 fully saturated rings. The summed E-state index contributed by atoms with van der Waals surface area (Å²) in [5.74, 6) is 1.11. The molecule has 0 saturated heterocycles. The van der Waals surface area contributed by atoms with Crippen LogP contribution in [0.25, 0.3) is 0 Å². The predicted octanol–water partition coefficient (Wildman–Crippen LogP) is 3.88. The Morgan fingerprint density at radius 3 is 2.47 bits per heavy atom. The number of benzene rings is 1. The van der Waals surface area contributed by atoms with E-state index in [0.29, 0.717) is 6.42 Å². The molecule has 1 aliphatic carbocycles. The number of methoxy groups -OCH3 is 1. The number of halogens is 1. The first-order valence-corrected chi connectivity index (χ1v) is 6.58. The Hall–Kier alpha value is -0.830. The van der Waals surface area contributed by atoms with Gasteiger partial charge in [-0.25, -0.2) is 0 Å². The van der Waals surface area contributed by atoms with Crippen LogP contribution in [0.3, 0.4) is 0 Å². The molecule has 0 heterocycles. The van der Waals surface area contributed by atoms with Crippen LogP contribution in [0.15, 0.2) is 10.5 Å². The third-order valence-corrected chi connectivity index (χ3v) is 4.08. The SMILES string of the molecule is COc1c(C(C)(C)C)cc2c(c1Br)CCC2=O. The molecule has 1 aromatic carbocycles. The molecule has 2 nitrogen and oxygen atoms in total. The largest absolute Gasteiger partial charge is 0.495 e. The van der Waals surface area contributed by atoms with Crippen molar-refractivity contribution in [2.24, 2.45) is 0 Å². The van der Waals surface area contributed by atoms with Crippen LogP contribution in [0.4, 0.5) is 0 Å². The van der Waals surface area contributed by atoms with Crippen molar-refractivity contribution in [3.63, 3.8) is 0 Å². The van der Waals surface area contributed by atoms with E-state index in [0.717, 1.165) is 33.3 Å². The smallest absolute Gasteiger partial charge is 0.163 e. The Morgan fingerprint density at radius 1 is 1.29 bits per heavy atom. The highest BCUT2D eigenvalue weighted by Crippen LogP contribution is 2.43. The van der Waals surface area contributed by atoms with Gasteiger partial charge in [-0.05, 0) is 39.4 Å². The Kier molecular flexibility index (Phi) is 3.06. The molecule has 17 heavy (non-hydrogen) atoms. The van der Waals surface area contributed by atoms with E-state index < -0.39 is 0 Å². The lowest BCUT2D eigenvalue weighted by molar-refractivity contribution is 0.0994. The van der Waals surface area contributed by atoms with Gasteiger partial charge >= 0.3 is 0 Å². The van der Waals surface area contributed by atoms with E-state index in [1.807, 2.05) is 6.07 Å². The minimum Gasteiger partial charge on any atom is -0.495 e. The van der Waals surface area contributed by atoms with Crippen LogP contribution >= 0.6 is 15.9 Å². The summed E-state index contributed by atoms with van der Waals surface area (Å²) < 4.78 is 6.46. The summed E-state index contributed by atoms with van der Waals surface area (Å²) in [6, 6.07) is 2.01. The normalized spacial score (nSPS) is 15.0. The number of carbonyl (C=O) groups is 1.